The fraction of sp³-hybridized carbons (Fsp3) is 0.417. The molecule has 21 heavy (non-hydrogen) atoms. The number of aromatic nitrogens is 4. The van der Waals surface area contributed by atoms with Gasteiger partial charge in [-0.3, -0.25) is 10.1 Å². The first-order chi connectivity index (χ1) is 9.90. The standard InChI is InChI=1S/C12H15BrN6O2/c1-7(2)12-17-16-10(18(12)3)6-15-11-9(19(20)21)4-8(13)5-14-11/h4-5,7H,6H2,1-3H3,(H,14,15). The molecule has 0 bridgehead atoms. The summed E-state index contributed by atoms with van der Waals surface area (Å²) in [5, 5.41) is 22.1. The van der Waals surface area contributed by atoms with E-state index in [1.165, 1.54) is 12.3 Å². The minimum atomic E-state index is -0.476. The van der Waals surface area contributed by atoms with Crippen LogP contribution >= 0.6 is 15.9 Å². The van der Waals surface area contributed by atoms with Crippen LogP contribution in [0.2, 0.25) is 0 Å². The fourth-order valence-corrected chi connectivity index (χ4v) is 2.22. The normalized spacial score (nSPS) is 10.9. The lowest BCUT2D eigenvalue weighted by molar-refractivity contribution is -0.384. The molecular formula is C12H15BrN6O2. The molecule has 0 unspecified atom stereocenters. The summed E-state index contributed by atoms with van der Waals surface area (Å²) in [6.45, 7) is 4.37. The van der Waals surface area contributed by atoms with Crippen molar-refractivity contribution < 1.29 is 4.92 Å². The molecule has 0 atom stereocenters. The van der Waals surface area contributed by atoms with Gasteiger partial charge in [-0.2, -0.15) is 0 Å². The van der Waals surface area contributed by atoms with Crippen LogP contribution in [0.4, 0.5) is 11.5 Å². The monoisotopic (exact) mass is 354 g/mol. The van der Waals surface area contributed by atoms with Crippen LogP contribution in [0.5, 0.6) is 0 Å². The van der Waals surface area contributed by atoms with Gasteiger partial charge in [-0.05, 0) is 15.9 Å². The molecule has 0 aliphatic heterocycles. The SMILES string of the molecule is CC(C)c1nnc(CNc2ncc(Br)cc2[N+](=O)[O-])n1C. The van der Waals surface area contributed by atoms with Gasteiger partial charge in [0.1, 0.15) is 5.82 Å². The maximum Gasteiger partial charge on any atom is 0.312 e. The third-order valence-electron chi connectivity index (χ3n) is 2.96. The Labute approximate surface area is 129 Å². The maximum atomic E-state index is 11.0. The molecule has 0 aliphatic rings. The molecule has 2 heterocycles. The highest BCUT2D eigenvalue weighted by atomic mass is 79.9. The molecule has 9 heteroatoms. The molecule has 2 aromatic heterocycles. The number of hydrogen-bond donors (Lipinski definition) is 1. The summed E-state index contributed by atoms with van der Waals surface area (Å²) in [7, 11) is 1.87. The van der Waals surface area contributed by atoms with Crippen molar-refractivity contribution in [1.29, 1.82) is 0 Å². The van der Waals surface area contributed by atoms with Crippen LogP contribution in [-0.4, -0.2) is 24.7 Å². The van der Waals surface area contributed by atoms with Crippen molar-refractivity contribution in [2.75, 3.05) is 5.32 Å². The van der Waals surface area contributed by atoms with E-state index in [1.54, 1.807) is 0 Å². The second kappa shape index (κ2) is 6.17. The summed E-state index contributed by atoms with van der Waals surface area (Å²) in [5.74, 6) is 2.02. The topological polar surface area (TPSA) is 98.8 Å². The van der Waals surface area contributed by atoms with Crippen molar-refractivity contribution >= 4 is 27.4 Å². The average Bonchev–Trinajstić information content (AvgIpc) is 2.78. The summed E-state index contributed by atoms with van der Waals surface area (Å²) in [6.07, 6.45) is 1.51. The van der Waals surface area contributed by atoms with Gasteiger partial charge in [0, 0.05) is 29.7 Å². The maximum absolute atomic E-state index is 11.0. The Morgan fingerprint density at radius 1 is 1.48 bits per heavy atom. The van der Waals surface area contributed by atoms with E-state index in [-0.39, 0.29) is 17.4 Å². The third kappa shape index (κ3) is 3.35. The van der Waals surface area contributed by atoms with Crippen LogP contribution in [0.25, 0.3) is 0 Å². The number of nitro groups is 1. The van der Waals surface area contributed by atoms with Crippen molar-refractivity contribution in [3.8, 4) is 0 Å². The Balaban J connectivity index is 2.19. The van der Waals surface area contributed by atoms with E-state index in [9.17, 15) is 10.1 Å². The lowest BCUT2D eigenvalue weighted by Crippen LogP contribution is -2.10. The zero-order valence-corrected chi connectivity index (χ0v) is 13.5. The Hall–Kier alpha value is -2.03. The predicted molar refractivity (Wildman–Crippen MR) is 81.0 cm³/mol. The van der Waals surface area contributed by atoms with Gasteiger partial charge < -0.3 is 9.88 Å². The van der Waals surface area contributed by atoms with Crippen LogP contribution in [0.1, 0.15) is 31.4 Å². The first kappa shape index (κ1) is 15.4. The predicted octanol–water partition coefficient (Wildman–Crippen LogP) is 2.62. The molecule has 2 aromatic rings. The lowest BCUT2D eigenvalue weighted by atomic mass is 10.2. The Kier molecular flexibility index (Phi) is 4.51. The summed E-state index contributed by atoms with van der Waals surface area (Å²) >= 11 is 3.17. The van der Waals surface area contributed by atoms with Gasteiger partial charge in [0.05, 0.1) is 11.5 Å². The van der Waals surface area contributed by atoms with Crippen molar-refractivity contribution in [3.05, 3.63) is 38.5 Å². The highest BCUT2D eigenvalue weighted by Crippen LogP contribution is 2.25. The first-order valence-corrected chi connectivity index (χ1v) is 7.11. The van der Waals surface area contributed by atoms with Gasteiger partial charge in [0.15, 0.2) is 5.82 Å². The molecule has 0 saturated carbocycles. The zero-order chi connectivity index (χ0) is 15.6. The van der Waals surface area contributed by atoms with E-state index >= 15 is 0 Å². The molecule has 8 nitrogen and oxygen atoms in total. The van der Waals surface area contributed by atoms with Crippen molar-refractivity contribution in [1.82, 2.24) is 19.7 Å². The lowest BCUT2D eigenvalue weighted by Gasteiger charge is -2.08. The van der Waals surface area contributed by atoms with E-state index in [0.29, 0.717) is 16.8 Å². The second-order valence-electron chi connectivity index (χ2n) is 4.82. The molecular weight excluding hydrogens is 340 g/mol. The molecule has 0 saturated heterocycles. The van der Waals surface area contributed by atoms with Crippen LogP contribution in [0.3, 0.4) is 0 Å². The van der Waals surface area contributed by atoms with E-state index in [0.717, 1.165) is 5.82 Å². The van der Waals surface area contributed by atoms with Gasteiger partial charge in [0.25, 0.3) is 0 Å². The van der Waals surface area contributed by atoms with Gasteiger partial charge >= 0.3 is 5.69 Å². The second-order valence-corrected chi connectivity index (χ2v) is 5.74. The number of halogens is 1. The summed E-state index contributed by atoms with van der Waals surface area (Å²) < 4.78 is 2.43. The molecule has 0 aliphatic carbocycles. The number of pyridine rings is 1. The summed E-state index contributed by atoms with van der Waals surface area (Å²) in [6, 6.07) is 1.41. The van der Waals surface area contributed by atoms with E-state index in [2.05, 4.69) is 36.4 Å². The largest absolute Gasteiger partial charge is 0.357 e. The summed E-state index contributed by atoms with van der Waals surface area (Å²) in [5.41, 5.74) is -0.0874. The molecule has 1 N–H and O–H groups in total. The highest BCUT2D eigenvalue weighted by Gasteiger charge is 2.17. The molecule has 0 radical (unpaired) electrons. The van der Waals surface area contributed by atoms with Crippen molar-refractivity contribution in [3.63, 3.8) is 0 Å². The Bertz CT molecular complexity index is 670. The van der Waals surface area contributed by atoms with Crippen LogP contribution in [0.15, 0.2) is 16.7 Å². The fourth-order valence-electron chi connectivity index (χ4n) is 1.90. The number of nitrogens with one attached hydrogen (secondary N) is 1. The molecule has 0 spiro atoms. The van der Waals surface area contributed by atoms with Crippen molar-refractivity contribution in [2.24, 2.45) is 7.05 Å². The molecule has 112 valence electrons. The van der Waals surface area contributed by atoms with Gasteiger partial charge in [0.2, 0.25) is 5.82 Å². The quantitative estimate of drug-likeness (QED) is 0.654. The van der Waals surface area contributed by atoms with Crippen LogP contribution in [-0.2, 0) is 13.6 Å². The minimum Gasteiger partial charge on any atom is -0.357 e. The number of anilines is 1. The molecule has 2 rings (SSSR count). The Morgan fingerprint density at radius 3 is 2.76 bits per heavy atom. The minimum absolute atomic E-state index is 0.0874. The highest BCUT2D eigenvalue weighted by molar-refractivity contribution is 9.10. The van der Waals surface area contributed by atoms with Crippen LogP contribution < -0.4 is 5.32 Å². The summed E-state index contributed by atoms with van der Waals surface area (Å²) in [4.78, 5) is 14.6. The third-order valence-corrected chi connectivity index (χ3v) is 3.39. The smallest absolute Gasteiger partial charge is 0.312 e. The number of nitrogens with zero attached hydrogens (tertiary/aromatic N) is 5. The van der Waals surface area contributed by atoms with E-state index < -0.39 is 4.92 Å². The van der Waals surface area contributed by atoms with Crippen molar-refractivity contribution in [2.45, 2.75) is 26.3 Å². The van der Waals surface area contributed by atoms with Gasteiger partial charge in [-0.15, -0.1) is 10.2 Å². The zero-order valence-electron chi connectivity index (χ0n) is 11.9. The average molecular weight is 355 g/mol. The molecule has 0 fully saturated rings. The van der Waals surface area contributed by atoms with E-state index in [4.69, 9.17) is 0 Å². The van der Waals surface area contributed by atoms with Gasteiger partial charge in [-0.1, -0.05) is 13.8 Å². The molecule has 0 amide bonds. The van der Waals surface area contributed by atoms with Crippen LogP contribution in [0, 0.1) is 10.1 Å². The number of hydrogen-bond acceptors (Lipinski definition) is 6. The first-order valence-electron chi connectivity index (χ1n) is 6.32. The van der Waals surface area contributed by atoms with Gasteiger partial charge in [-0.25, -0.2) is 4.98 Å². The molecule has 0 aromatic carbocycles. The number of rotatable bonds is 5. The Morgan fingerprint density at radius 2 is 2.19 bits per heavy atom. The van der Waals surface area contributed by atoms with E-state index in [1.807, 2.05) is 25.5 Å².